The van der Waals surface area contributed by atoms with Gasteiger partial charge in [-0.3, -0.25) is 14.4 Å². The molecule has 0 unspecified atom stereocenters. The fourth-order valence-electron chi connectivity index (χ4n) is 4.40. The van der Waals surface area contributed by atoms with Crippen molar-refractivity contribution in [2.75, 3.05) is 36.3 Å². The molecule has 2 heterocycles. The fourth-order valence-corrected chi connectivity index (χ4v) is 4.40. The first kappa shape index (κ1) is 23.9. The molecule has 9 nitrogen and oxygen atoms in total. The van der Waals surface area contributed by atoms with Crippen LogP contribution in [0.15, 0.2) is 77.2 Å². The van der Waals surface area contributed by atoms with Gasteiger partial charge in [0.1, 0.15) is 11.3 Å². The minimum atomic E-state index is -0.580. The molecule has 3 aromatic carbocycles. The largest absolute Gasteiger partial charge is 0.493 e. The van der Waals surface area contributed by atoms with Gasteiger partial charge in [-0.05, 0) is 36.4 Å². The lowest BCUT2D eigenvalue weighted by molar-refractivity contribution is -0.122. The number of para-hydroxylation sites is 2. The molecule has 4 aromatic rings. The molecule has 0 saturated carbocycles. The van der Waals surface area contributed by atoms with Crippen molar-refractivity contribution in [3.05, 3.63) is 78.6 Å². The van der Waals surface area contributed by atoms with Crippen molar-refractivity contribution < 1.29 is 28.3 Å². The van der Waals surface area contributed by atoms with E-state index in [2.05, 4.69) is 10.6 Å². The van der Waals surface area contributed by atoms with Crippen molar-refractivity contribution in [2.24, 2.45) is 5.92 Å². The third-order valence-electron chi connectivity index (χ3n) is 6.26. The van der Waals surface area contributed by atoms with E-state index >= 15 is 0 Å². The predicted molar refractivity (Wildman–Crippen MR) is 139 cm³/mol. The van der Waals surface area contributed by atoms with Gasteiger partial charge in [0, 0.05) is 35.8 Å². The van der Waals surface area contributed by atoms with Crippen LogP contribution >= 0.6 is 0 Å². The van der Waals surface area contributed by atoms with Gasteiger partial charge in [-0.2, -0.15) is 0 Å². The molecule has 188 valence electrons. The first-order valence-corrected chi connectivity index (χ1v) is 11.7. The van der Waals surface area contributed by atoms with Crippen molar-refractivity contribution in [1.29, 1.82) is 0 Å². The van der Waals surface area contributed by atoms with Crippen molar-refractivity contribution >= 4 is 45.8 Å². The van der Waals surface area contributed by atoms with Crippen LogP contribution in [0.5, 0.6) is 11.5 Å². The Bertz CT molecular complexity index is 1480. The molecular formula is C28H25N3O6. The van der Waals surface area contributed by atoms with Gasteiger partial charge in [0.2, 0.25) is 17.6 Å². The van der Waals surface area contributed by atoms with E-state index in [-0.39, 0.29) is 36.2 Å². The van der Waals surface area contributed by atoms with E-state index < -0.39 is 11.8 Å². The number of nitrogens with one attached hydrogen (secondary N) is 2. The number of fused-ring (bicyclic) bond motifs is 1. The molecule has 1 aliphatic rings. The third-order valence-corrected chi connectivity index (χ3v) is 6.26. The summed E-state index contributed by atoms with van der Waals surface area (Å²) in [5.41, 5.74) is 1.90. The highest BCUT2D eigenvalue weighted by Gasteiger charge is 2.36. The summed E-state index contributed by atoms with van der Waals surface area (Å²) in [5.74, 6) is -0.697. The van der Waals surface area contributed by atoms with Crippen molar-refractivity contribution in [2.45, 2.75) is 6.42 Å². The maximum absolute atomic E-state index is 13.3. The van der Waals surface area contributed by atoms with E-state index in [4.69, 9.17) is 13.9 Å². The molecule has 1 aliphatic heterocycles. The van der Waals surface area contributed by atoms with Crippen molar-refractivity contribution in [1.82, 2.24) is 0 Å². The highest BCUT2D eigenvalue weighted by atomic mass is 16.5. The Morgan fingerprint density at radius 1 is 0.919 bits per heavy atom. The molecule has 1 saturated heterocycles. The summed E-state index contributed by atoms with van der Waals surface area (Å²) >= 11 is 0. The summed E-state index contributed by atoms with van der Waals surface area (Å²) in [5, 5.41) is 6.22. The molecular weight excluding hydrogens is 474 g/mol. The quantitative estimate of drug-likeness (QED) is 0.382. The predicted octanol–water partition coefficient (Wildman–Crippen LogP) is 4.69. The number of benzene rings is 3. The Hall–Kier alpha value is -4.79. The van der Waals surface area contributed by atoms with Gasteiger partial charge in [-0.25, -0.2) is 0 Å². The van der Waals surface area contributed by atoms with Crippen molar-refractivity contribution in [3.63, 3.8) is 0 Å². The molecule has 0 radical (unpaired) electrons. The van der Waals surface area contributed by atoms with E-state index in [1.807, 2.05) is 30.3 Å². The number of amides is 3. The Kier molecular flexibility index (Phi) is 6.51. The number of nitrogens with zero attached hydrogens (tertiary/aromatic N) is 1. The molecule has 5 rings (SSSR count). The Balaban J connectivity index is 1.40. The van der Waals surface area contributed by atoms with Gasteiger partial charge >= 0.3 is 0 Å². The van der Waals surface area contributed by atoms with Gasteiger partial charge in [0.15, 0.2) is 11.5 Å². The summed E-state index contributed by atoms with van der Waals surface area (Å²) < 4.78 is 16.4. The lowest BCUT2D eigenvalue weighted by atomic mass is 10.1. The van der Waals surface area contributed by atoms with Crippen LogP contribution in [-0.4, -0.2) is 38.5 Å². The number of carbonyl (C=O) groups excluding carboxylic acids is 3. The van der Waals surface area contributed by atoms with Crippen LogP contribution in [0.25, 0.3) is 11.0 Å². The summed E-state index contributed by atoms with van der Waals surface area (Å²) in [6, 6.07) is 21.2. The second kappa shape index (κ2) is 10.1. The van der Waals surface area contributed by atoms with E-state index in [1.54, 1.807) is 47.4 Å². The molecule has 1 fully saturated rings. The molecule has 0 spiro atoms. The Labute approximate surface area is 213 Å². The zero-order valence-electron chi connectivity index (χ0n) is 20.3. The molecule has 2 N–H and O–H groups in total. The number of furan rings is 1. The van der Waals surface area contributed by atoms with Gasteiger partial charge in [-0.1, -0.05) is 30.3 Å². The number of hydrogen-bond acceptors (Lipinski definition) is 6. The van der Waals surface area contributed by atoms with Gasteiger partial charge in [-0.15, -0.1) is 0 Å². The molecule has 37 heavy (non-hydrogen) atoms. The number of rotatable bonds is 7. The summed E-state index contributed by atoms with van der Waals surface area (Å²) in [4.78, 5) is 40.8. The number of methoxy groups -OCH3 is 2. The number of ether oxygens (including phenoxy) is 2. The van der Waals surface area contributed by atoms with E-state index in [9.17, 15) is 14.4 Å². The van der Waals surface area contributed by atoms with Crippen LogP contribution in [-0.2, 0) is 9.59 Å². The summed E-state index contributed by atoms with van der Waals surface area (Å²) in [7, 11) is 3.03. The molecule has 0 aliphatic carbocycles. The zero-order valence-corrected chi connectivity index (χ0v) is 20.3. The van der Waals surface area contributed by atoms with Gasteiger partial charge in [0.05, 0.1) is 20.1 Å². The van der Waals surface area contributed by atoms with Crippen LogP contribution in [0.4, 0.5) is 17.1 Å². The second-order valence-electron chi connectivity index (χ2n) is 8.56. The Morgan fingerprint density at radius 3 is 2.41 bits per heavy atom. The number of carbonyl (C=O) groups is 3. The maximum atomic E-state index is 13.3. The van der Waals surface area contributed by atoms with Gasteiger partial charge in [0.25, 0.3) is 5.91 Å². The first-order valence-electron chi connectivity index (χ1n) is 11.7. The average Bonchev–Trinajstić information content (AvgIpc) is 3.50. The van der Waals surface area contributed by atoms with Crippen LogP contribution in [0, 0.1) is 5.92 Å². The normalized spacial score (nSPS) is 15.0. The Morgan fingerprint density at radius 2 is 1.65 bits per heavy atom. The number of hydrogen-bond donors (Lipinski definition) is 2. The standard InChI is InChI=1S/C28H25N3O6/c1-35-22-13-12-18(15-23(22)36-2)29-28(34)26-25(20-10-6-7-11-21(20)37-26)30-27(33)17-14-24(32)31(16-17)19-8-4-3-5-9-19/h3-13,15,17H,14,16H2,1-2H3,(H,29,34)(H,30,33)/t17-/m0/s1. The van der Waals surface area contributed by atoms with Crippen LogP contribution in [0.2, 0.25) is 0 Å². The highest BCUT2D eigenvalue weighted by molar-refractivity contribution is 6.15. The molecule has 3 amide bonds. The lowest BCUT2D eigenvalue weighted by Crippen LogP contribution is -2.28. The van der Waals surface area contributed by atoms with E-state index in [0.717, 1.165) is 5.69 Å². The topological polar surface area (TPSA) is 110 Å². The fraction of sp³-hybridized carbons (Fsp3) is 0.179. The smallest absolute Gasteiger partial charge is 0.293 e. The van der Waals surface area contributed by atoms with Crippen molar-refractivity contribution in [3.8, 4) is 11.5 Å². The van der Waals surface area contributed by atoms with Crippen LogP contribution in [0.3, 0.4) is 0 Å². The lowest BCUT2D eigenvalue weighted by Gasteiger charge is -2.16. The van der Waals surface area contributed by atoms with E-state index in [0.29, 0.717) is 28.2 Å². The molecule has 1 atom stereocenters. The van der Waals surface area contributed by atoms with Crippen LogP contribution in [0.1, 0.15) is 17.0 Å². The second-order valence-corrected chi connectivity index (χ2v) is 8.56. The van der Waals surface area contributed by atoms with Crippen LogP contribution < -0.4 is 25.0 Å². The number of anilines is 3. The van der Waals surface area contributed by atoms with E-state index in [1.165, 1.54) is 14.2 Å². The molecule has 1 aromatic heterocycles. The first-order chi connectivity index (χ1) is 18.0. The average molecular weight is 500 g/mol. The SMILES string of the molecule is COc1ccc(NC(=O)c2oc3ccccc3c2NC(=O)[C@H]2CC(=O)N(c3ccccc3)C2)cc1OC. The monoisotopic (exact) mass is 499 g/mol. The molecule has 9 heteroatoms. The third kappa shape index (κ3) is 4.71. The highest BCUT2D eigenvalue weighted by Crippen LogP contribution is 2.34. The zero-order chi connectivity index (χ0) is 25.9. The summed E-state index contributed by atoms with van der Waals surface area (Å²) in [6.45, 7) is 0.248. The summed E-state index contributed by atoms with van der Waals surface area (Å²) in [6.07, 6.45) is 0.0731. The minimum absolute atomic E-state index is 0.0476. The maximum Gasteiger partial charge on any atom is 0.293 e. The van der Waals surface area contributed by atoms with Gasteiger partial charge < -0.3 is 29.4 Å². The minimum Gasteiger partial charge on any atom is -0.493 e. The molecule has 0 bridgehead atoms.